The van der Waals surface area contributed by atoms with Gasteiger partial charge in [0, 0.05) is 18.1 Å². The van der Waals surface area contributed by atoms with Crippen LogP contribution in [-0.4, -0.2) is 13.2 Å². The van der Waals surface area contributed by atoms with E-state index >= 15 is 0 Å². The second-order valence-electron chi connectivity index (χ2n) is 8.27. The Labute approximate surface area is 211 Å². The van der Waals surface area contributed by atoms with Crippen molar-refractivity contribution in [3.8, 4) is 23.0 Å². The van der Waals surface area contributed by atoms with Gasteiger partial charge in [0.25, 0.3) is 0 Å². The SMILES string of the molecule is Cc1ccc(Oc2ccc(C(Cc3cc[n+]([O-])cc3)c3ccc(OC(F)F)c(OC(F)F)c3)cc2)cc1. The lowest BCUT2D eigenvalue weighted by Gasteiger charge is -2.21. The van der Waals surface area contributed by atoms with Gasteiger partial charge in [-0.25, -0.2) is 0 Å². The summed E-state index contributed by atoms with van der Waals surface area (Å²) in [6.45, 7) is -4.45. The van der Waals surface area contributed by atoms with Crippen molar-refractivity contribution in [1.82, 2.24) is 0 Å². The van der Waals surface area contributed by atoms with E-state index in [4.69, 9.17) is 4.74 Å². The van der Waals surface area contributed by atoms with Crippen molar-refractivity contribution in [2.45, 2.75) is 32.5 Å². The van der Waals surface area contributed by atoms with Crippen molar-refractivity contribution in [3.05, 3.63) is 119 Å². The minimum atomic E-state index is -3.23. The number of nitrogens with zero attached hydrogens (tertiary/aromatic N) is 1. The molecule has 0 aliphatic heterocycles. The van der Waals surface area contributed by atoms with Crippen LogP contribution in [0.1, 0.15) is 28.2 Å². The first-order chi connectivity index (χ1) is 17.8. The van der Waals surface area contributed by atoms with E-state index in [-0.39, 0.29) is 0 Å². The number of aryl methyl sites for hydroxylation is 1. The van der Waals surface area contributed by atoms with Crippen molar-refractivity contribution in [2.75, 3.05) is 0 Å². The van der Waals surface area contributed by atoms with E-state index in [1.54, 1.807) is 24.3 Å². The summed E-state index contributed by atoms with van der Waals surface area (Å²) in [5.41, 5.74) is 3.25. The van der Waals surface area contributed by atoms with Gasteiger partial charge in [-0.3, -0.25) is 0 Å². The molecule has 4 aromatic rings. The molecule has 4 rings (SSSR count). The third kappa shape index (κ3) is 7.13. The van der Waals surface area contributed by atoms with Crippen LogP contribution in [0.5, 0.6) is 23.0 Å². The smallest absolute Gasteiger partial charge is 0.387 e. The van der Waals surface area contributed by atoms with Crippen molar-refractivity contribution >= 4 is 0 Å². The molecule has 0 aliphatic rings. The second kappa shape index (κ2) is 11.6. The Hall–Kier alpha value is -4.27. The molecule has 0 N–H and O–H groups in total. The predicted molar refractivity (Wildman–Crippen MR) is 128 cm³/mol. The lowest BCUT2D eigenvalue weighted by Crippen LogP contribution is -2.24. The average molecular weight is 513 g/mol. The number of hydrogen-bond acceptors (Lipinski definition) is 4. The molecule has 0 saturated heterocycles. The fourth-order valence-electron chi connectivity index (χ4n) is 3.88. The Morgan fingerprint density at radius 2 is 1.24 bits per heavy atom. The van der Waals surface area contributed by atoms with Gasteiger partial charge in [-0.05, 0) is 66.4 Å². The summed E-state index contributed by atoms with van der Waals surface area (Å²) in [5, 5.41) is 11.5. The van der Waals surface area contributed by atoms with E-state index in [0.29, 0.717) is 28.2 Å². The van der Waals surface area contributed by atoms with Crippen LogP contribution in [0, 0.1) is 12.1 Å². The zero-order valence-electron chi connectivity index (χ0n) is 19.7. The second-order valence-corrected chi connectivity index (χ2v) is 8.27. The maximum absolute atomic E-state index is 13.0. The molecule has 0 fully saturated rings. The van der Waals surface area contributed by atoms with Gasteiger partial charge in [-0.2, -0.15) is 22.3 Å². The highest BCUT2D eigenvalue weighted by atomic mass is 19.3. The molecule has 5 nitrogen and oxygen atoms in total. The third-order valence-electron chi connectivity index (χ3n) is 5.65. The molecule has 1 atom stereocenters. The van der Waals surface area contributed by atoms with Crippen molar-refractivity contribution in [2.24, 2.45) is 0 Å². The van der Waals surface area contributed by atoms with Crippen LogP contribution in [-0.2, 0) is 6.42 Å². The molecule has 3 aromatic carbocycles. The molecular weight excluding hydrogens is 490 g/mol. The summed E-state index contributed by atoms with van der Waals surface area (Å²) in [5.74, 6) is -0.111. The van der Waals surface area contributed by atoms with Gasteiger partial charge >= 0.3 is 13.2 Å². The van der Waals surface area contributed by atoms with Crippen molar-refractivity contribution in [1.29, 1.82) is 0 Å². The fourth-order valence-corrected chi connectivity index (χ4v) is 3.88. The molecule has 0 saturated carbocycles. The first-order valence-corrected chi connectivity index (χ1v) is 11.3. The maximum Gasteiger partial charge on any atom is 0.387 e. The Bertz CT molecular complexity index is 1300. The summed E-state index contributed by atoms with van der Waals surface area (Å²) in [4.78, 5) is 0. The quantitative estimate of drug-likeness (QED) is 0.130. The molecule has 0 spiro atoms. The Morgan fingerprint density at radius 3 is 1.84 bits per heavy atom. The zero-order chi connectivity index (χ0) is 26.4. The Kier molecular flexibility index (Phi) is 8.12. The number of pyridine rings is 1. The van der Waals surface area contributed by atoms with Crippen LogP contribution in [0.2, 0.25) is 0 Å². The molecule has 192 valence electrons. The molecule has 37 heavy (non-hydrogen) atoms. The van der Waals surface area contributed by atoms with E-state index < -0.39 is 30.6 Å². The first kappa shape index (κ1) is 25.8. The standard InChI is InChI=1S/C28H23F4NO4/c1-18-2-7-22(8-3-18)35-23-9-4-20(5-10-23)24(16-19-12-14-33(34)15-13-19)21-6-11-25(36-27(29)30)26(17-21)37-28(31)32/h2-15,17,24,27-28H,16H2,1H3. The van der Waals surface area contributed by atoms with Gasteiger partial charge in [0.15, 0.2) is 23.9 Å². The lowest BCUT2D eigenvalue weighted by atomic mass is 9.86. The van der Waals surface area contributed by atoms with Crippen LogP contribution in [0.4, 0.5) is 17.6 Å². The molecular formula is C28H23F4NO4. The molecule has 1 aromatic heterocycles. The highest BCUT2D eigenvalue weighted by molar-refractivity contribution is 5.47. The van der Waals surface area contributed by atoms with E-state index in [1.165, 1.54) is 30.6 Å². The van der Waals surface area contributed by atoms with Crippen LogP contribution >= 0.6 is 0 Å². The van der Waals surface area contributed by atoms with E-state index in [9.17, 15) is 22.8 Å². The summed E-state index contributed by atoms with van der Waals surface area (Å²) in [7, 11) is 0. The van der Waals surface area contributed by atoms with Crippen LogP contribution in [0.15, 0.2) is 91.3 Å². The molecule has 0 aliphatic carbocycles. The molecule has 9 heteroatoms. The number of benzene rings is 3. The van der Waals surface area contributed by atoms with Crippen LogP contribution in [0.25, 0.3) is 0 Å². The molecule has 0 bridgehead atoms. The van der Waals surface area contributed by atoms with Gasteiger partial charge < -0.3 is 19.4 Å². The number of ether oxygens (including phenoxy) is 3. The predicted octanol–water partition coefficient (Wildman–Crippen LogP) is 7.00. The Morgan fingerprint density at radius 1 is 0.703 bits per heavy atom. The summed E-state index contributed by atoms with van der Waals surface area (Å²) < 4.78 is 67.0. The number of alkyl halides is 4. The molecule has 0 amide bonds. The minimum absolute atomic E-state index is 0.391. The Balaban J connectivity index is 1.67. The topological polar surface area (TPSA) is 54.6 Å². The zero-order valence-corrected chi connectivity index (χ0v) is 19.7. The van der Waals surface area contributed by atoms with Crippen molar-refractivity contribution in [3.63, 3.8) is 0 Å². The van der Waals surface area contributed by atoms with E-state index in [1.807, 2.05) is 43.3 Å². The first-order valence-electron chi connectivity index (χ1n) is 11.3. The van der Waals surface area contributed by atoms with Gasteiger partial charge in [0.2, 0.25) is 0 Å². The normalized spacial score (nSPS) is 12.0. The summed E-state index contributed by atoms with van der Waals surface area (Å²) >= 11 is 0. The van der Waals surface area contributed by atoms with Gasteiger partial charge in [-0.15, -0.1) is 0 Å². The molecule has 0 radical (unpaired) electrons. The minimum Gasteiger partial charge on any atom is -0.619 e. The highest BCUT2D eigenvalue weighted by Crippen LogP contribution is 2.37. The van der Waals surface area contributed by atoms with Crippen molar-refractivity contribution < 1.29 is 36.5 Å². The van der Waals surface area contributed by atoms with Gasteiger partial charge in [0.05, 0.1) is 0 Å². The third-order valence-corrected chi connectivity index (χ3v) is 5.65. The lowest BCUT2D eigenvalue weighted by molar-refractivity contribution is -0.605. The van der Waals surface area contributed by atoms with Crippen LogP contribution < -0.4 is 18.9 Å². The number of hydrogen-bond donors (Lipinski definition) is 0. The van der Waals surface area contributed by atoms with E-state index in [2.05, 4.69) is 9.47 Å². The van der Waals surface area contributed by atoms with E-state index in [0.717, 1.165) is 16.7 Å². The van der Waals surface area contributed by atoms with Gasteiger partial charge in [-0.1, -0.05) is 35.9 Å². The average Bonchev–Trinajstić information content (AvgIpc) is 2.86. The molecule has 1 heterocycles. The highest BCUT2D eigenvalue weighted by Gasteiger charge is 2.21. The number of rotatable bonds is 10. The fraction of sp³-hybridized carbons (Fsp3) is 0.179. The van der Waals surface area contributed by atoms with Crippen LogP contribution in [0.3, 0.4) is 0 Å². The maximum atomic E-state index is 13.0. The molecule has 1 unspecified atom stereocenters. The van der Waals surface area contributed by atoms with Gasteiger partial charge in [0.1, 0.15) is 11.5 Å². The summed E-state index contributed by atoms with van der Waals surface area (Å²) in [6, 6.07) is 22.1. The number of halogens is 4. The summed E-state index contributed by atoms with van der Waals surface area (Å²) in [6.07, 6.45) is 3.10. The number of aromatic nitrogens is 1. The largest absolute Gasteiger partial charge is 0.619 e. The monoisotopic (exact) mass is 513 g/mol.